The Morgan fingerprint density at radius 1 is 1.10 bits per heavy atom. The van der Waals surface area contributed by atoms with Gasteiger partial charge < -0.3 is 14.8 Å². The van der Waals surface area contributed by atoms with Crippen molar-refractivity contribution in [3.05, 3.63) is 65.7 Å². The first-order valence-corrected chi connectivity index (χ1v) is 10.3. The van der Waals surface area contributed by atoms with Gasteiger partial charge in [0.1, 0.15) is 5.75 Å². The molecule has 0 spiro atoms. The van der Waals surface area contributed by atoms with Crippen LogP contribution in [0.15, 0.2) is 54.6 Å². The van der Waals surface area contributed by atoms with E-state index >= 15 is 0 Å². The van der Waals surface area contributed by atoms with Crippen molar-refractivity contribution in [1.82, 2.24) is 10.2 Å². The minimum Gasteiger partial charge on any atom is -0.497 e. The first-order chi connectivity index (χ1) is 14.0. The molecule has 1 amide bonds. The largest absolute Gasteiger partial charge is 0.497 e. The quantitative estimate of drug-likeness (QED) is 0.741. The van der Waals surface area contributed by atoms with Gasteiger partial charge in [0, 0.05) is 26.1 Å². The fourth-order valence-corrected chi connectivity index (χ4v) is 3.84. The predicted molar refractivity (Wildman–Crippen MR) is 115 cm³/mol. The number of amides is 1. The van der Waals surface area contributed by atoms with Crippen LogP contribution in [0, 0.1) is 0 Å². The molecule has 1 heterocycles. The van der Waals surface area contributed by atoms with Gasteiger partial charge in [-0.15, -0.1) is 0 Å². The summed E-state index contributed by atoms with van der Waals surface area (Å²) >= 11 is 0. The highest BCUT2D eigenvalue weighted by Crippen LogP contribution is 2.27. The summed E-state index contributed by atoms with van der Waals surface area (Å²) in [6, 6.07) is 18.4. The summed E-state index contributed by atoms with van der Waals surface area (Å²) in [4.78, 5) is 15.2. The van der Waals surface area contributed by atoms with E-state index < -0.39 is 0 Å². The normalized spacial score (nSPS) is 16.2. The highest BCUT2D eigenvalue weighted by atomic mass is 16.5. The molecular formula is C24H32N2O3. The maximum Gasteiger partial charge on any atom is 0.220 e. The summed E-state index contributed by atoms with van der Waals surface area (Å²) in [5.41, 5.74) is 2.14. The average Bonchev–Trinajstić information content (AvgIpc) is 2.75. The highest BCUT2D eigenvalue weighted by Gasteiger charge is 2.26. The number of methoxy groups -OCH3 is 1. The Hall–Kier alpha value is -2.37. The summed E-state index contributed by atoms with van der Waals surface area (Å²) in [7, 11) is 1.67. The SMILES string of the molecule is COc1ccc(C(CNC(=O)CC(C)(C)c2ccccc2)N2CCOCC2)cc1. The molecule has 1 aliphatic heterocycles. The summed E-state index contributed by atoms with van der Waals surface area (Å²) in [5, 5.41) is 3.18. The third kappa shape index (κ3) is 5.81. The van der Waals surface area contributed by atoms with Crippen molar-refractivity contribution in [3.63, 3.8) is 0 Å². The lowest BCUT2D eigenvalue weighted by Crippen LogP contribution is -2.44. The van der Waals surface area contributed by atoms with Crippen molar-refractivity contribution >= 4 is 5.91 Å². The van der Waals surface area contributed by atoms with E-state index in [0.29, 0.717) is 13.0 Å². The second-order valence-corrected chi connectivity index (χ2v) is 8.17. The Kier molecular flexibility index (Phi) is 7.29. The van der Waals surface area contributed by atoms with Crippen LogP contribution < -0.4 is 10.1 Å². The van der Waals surface area contributed by atoms with Crippen molar-refractivity contribution in [2.45, 2.75) is 31.7 Å². The number of carbonyl (C=O) groups is 1. The summed E-state index contributed by atoms with van der Waals surface area (Å²) in [6.07, 6.45) is 0.454. The van der Waals surface area contributed by atoms with Crippen molar-refractivity contribution in [2.24, 2.45) is 0 Å². The van der Waals surface area contributed by atoms with Gasteiger partial charge in [0.15, 0.2) is 0 Å². The molecule has 0 aliphatic carbocycles. The van der Waals surface area contributed by atoms with Gasteiger partial charge in [0.05, 0.1) is 26.4 Å². The number of hydrogen-bond donors (Lipinski definition) is 1. The van der Waals surface area contributed by atoms with E-state index in [2.05, 4.69) is 48.3 Å². The Morgan fingerprint density at radius 3 is 2.38 bits per heavy atom. The minimum atomic E-state index is -0.208. The molecule has 1 atom stereocenters. The summed E-state index contributed by atoms with van der Waals surface area (Å²) in [5.74, 6) is 0.911. The lowest BCUT2D eigenvalue weighted by Gasteiger charge is -2.35. The second-order valence-electron chi connectivity index (χ2n) is 8.17. The Balaban J connectivity index is 1.66. The highest BCUT2D eigenvalue weighted by molar-refractivity contribution is 5.77. The number of morpholine rings is 1. The van der Waals surface area contributed by atoms with E-state index in [9.17, 15) is 4.79 Å². The van der Waals surface area contributed by atoms with E-state index in [1.807, 2.05) is 30.3 Å². The van der Waals surface area contributed by atoms with Crippen LogP contribution in [-0.4, -0.2) is 50.8 Å². The van der Waals surface area contributed by atoms with E-state index in [4.69, 9.17) is 9.47 Å². The molecule has 1 unspecified atom stereocenters. The van der Waals surface area contributed by atoms with Crippen molar-refractivity contribution in [3.8, 4) is 5.75 Å². The standard InChI is InChI=1S/C24H32N2O3/c1-24(2,20-7-5-4-6-8-20)17-23(27)25-18-22(26-13-15-29-16-14-26)19-9-11-21(28-3)12-10-19/h4-12,22H,13-18H2,1-3H3,(H,25,27). The average molecular weight is 397 g/mol. The molecule has 5 heteroatoms. The van der Waals surface area contributed by atoms with Crippen LogP contribution in [0.5, 0.6) is 5.75 Å². The molecule has 0 radical (unpaired) electrons. The second kappa shape index (κ2) is 9.90. The molecule has 1 N–H and O–H groups in total. The number of benzene rings is 2. The van der Waals surface area contributed by atoms with Crippen molar-refractivity contribution in [1.29, 1.82) is 0 Å². The van der Waals surface area contributed by atoms with Crippen molar-refractivity contribution in [2.75, 3.05) is 40.0 Å². The van der Waals surface area contributed by atoms with Crippen LogP contribution in [-0.2, 0) is 14.9 Å². The van der Waals surface area contributed by atoms with Gasteiger partial charge in [0.25, 0.3) is 0 Å². The number of hydrogen-bond acceptors (Lipinski definition) is 4. The third-order valence-electron chi connectivity index (χ3n) is 5.64. The molecule has 3 rings (SSSR count). The molecule has 5 nitrogen and oxygen atoms in total. The van der Waals surface area contributed by atoms with Crippen LogP contribution in [0.25, 0.3) is 0 Å². The fourth-order valence-electron chi connectivity index (χ4n) is 3.84. The molecule has 0 bridgehead atoms. The molecular weight excluding hydrogens is 364 g/mol. The molecule has 1 saturated heterocycles. The van der Waals surface area contributed by atoms with Gasteiger partial charge in [-0.1, -0.05) is 56.3 Å². The summed E-state index contributed by atoms with van der Waals surface area (Å²) in [6.45, 7) is 7.99. The predicted octanol–water partition coefficient (Wildman–Crippen LogP) is 3.55. The van der Waals surface area contributed by atoms with Gasteiger partial charge in [0.2, 0.25) is 5.91 Å². The van der Waals surface area contributed by atoms with Gasteiger partial charge in [-0.05, 0) is 28.7 Å². The van der Waals surface area contributed by atoms with Gasteiger partial charge in [-0.2, -0.15) is 0 Å². The number of carbonyl (C=O) groups excluding carboxylic acids is 1. The lowest BCUT2D eigenvalue weighted by atomic mass is 9.81. The molecule has 0 saturated carbocycles. The molecule has 1 fully saturated rings. The van der Waals surface area contributed by atoms with Crippen LogP contribution in [0.1, 0.15) is 37.4 Å². The van der Waals surface area contributed by atoms with E-state index in [1.54, 1.807) is 7.11 Å². The van der Waals surface area contributed by atoms with Crippen LogP contribution in [0.2, 0.25) is 0 Å². The fraction of sp³-hybridized carbons (Fsp3) is 0.458. The van der Waals surface area contributed by atoms with Crippen LogP contribution in [0.4, 0.5) is 0 Å². The number of nitrogens with zero attached hydrogens (tertiary/aromatic N) is 1. The van der Waals surface area contributed by atoms with Gasteiger partial charge >= 0.3 is 0 Å². The van der Waals surface area contributed by atoms with Crippen LogP contribution >= 0.6 is 0 Å². The molecule has 29 heavy (non-hydrogen) atoms. The molecule has 2 aromatic carbocycles. The number of ether oxygens (including phenoxy) is 2. The maximum absolute atomic E-state index is 12.8. The smallest absolute Gasteiger partial charge is 0.220 e. The van der Waals surface area contributed by atoms with Gasteiger partial charge in [-0.25, -0.2) is 0 Å². The number of rotatable bonds is 8. The Bertz CT molecular complexity index is 768. The third-order valence-corrected chi connectivity index (χ3v) is 5.64. The zero-order valence-electron chi connectivity index (χ0n) is 17.7. The Morgan fingerprint density at radius 2 is 1.76 bits per heavy atom. The molecule has 1 aliphatic rings. The van der Waals surface area contributed by atoms with Gasteiger partial charge in [-0.3, -0.25) is 9.69 Å². The van der Waals surface area contributed by atoms with E-state index in [-0.39, 0.29) is 17.4 Å². The maximum atomic E-state index is 12.8. The topological polar surface area (TPSA) is 50.8 Å². The van der Waals surface area contributed by atoms with Crippen LogP contribution in [0.3, 0.4) is 0 Å². The van der Waals surface area contributed by atoms with Crippen molar-refractivity contribution < 1.29 is 14.3 Å². The zero-order chi connectivity index (χ0) is 20.7. The Labute approximate surface area is 174 Å². The zero-order valence-corrected chi connectivity index (χ0v) is 17.7. The first-order valence-electron chi connectivity index (χ1n) is 10.3. The number of nitrogens with one attached hydrogen (secondary N) is 1. The molecule has 2 aromatic rings. The minimum absolute atomic E-state index is 0.0747. The monoisotopic (exact) mass is 396 g/mol. The van der Waals surface area contributed by atoms with E-state index in [0.717, 1.165) is 32.1 Å². The summed E-state index contributed by atoms with van der Waals surface area (Å²) < 4.78 is 10.8. The molecule has 156 valence electrons. The first kappa shape index (κ1) is 21.3. The van der Waals surface area contributed by atoms with E-state index in [1.165, 1.54) is 11.1 Å². The molecule has 0 aromatic heterocycles. The lowest BCUT2D eigenvalue weighted by molar-refractivity contribution is -0.122.